The highest BCUT2D eigenvalue weighted by Crippen LogP contribution is 2.10. The van der Waals surface area contributed by atoms with E-state index in [1.165, 1.54) is 7.11 Å². The highest BCUT2D eigenvalue weighted by Gasteiger charge is 2.02. The van der Waals surface area contributed by atoms with Gasteiger partial charge in [-0.3, -0.25) is 5.32 Å². The summed E-state index contributed by atoms with van der Waals surface area (Å²) < 4.78 is 4.57. The highest BCUT2D eigenvalue weighted by atomic mass is 35.5. The van der Waals surface area contributed by atoms with Crippen LogP contribution in [0.4, 0.5) is 10.5 Å². The molecule has 144 valence electrons. The van der Waals surface area contributed by atoms with E-state index in [1.54, 1.807) is 12.3 Å². The Bertz CT molecular complexity index is 748. The Hall–Kier alpha value is -2.80. The average Bonchev–Trinajstić information content (AvgIpc) is 2.68. The molecule has 0 aliphatic heterocycles. The fourth-order valence-electron chi connectivity index (χ4n) is 2.25. The van der Waals surface area contributed by atoms with Crippen molar-refractivity contribution in [2.45, 2.75) is 19.9 Å². The molecule has 1 heterocycles. The van der Waals surface area contributed by atoms with Crippen molar-refractivity contribution in [1.82, 2.24) is 15.6 Å². The van der Waals surface area contributed by atoms with Crippen LogP contribution in [-0.4, -0.2) is 37.2 Å². The molecule has 1 aromatic heterocycles. The van der Waals surface area contributed by atoms with Crippen molar-refractivity contribution in [2.75, 3.05) is 25.5 Å². The first-order chi connectivity index (χ1) is 13.1. The van der Waals surface area contributed by atoms with Crippen LogP contribution in [0.3, 0.4) is 0 Å². The van der Waals surface area contributed by atoms with Gasteiger partial charge in [-0.1, -0.05) is 29.8 Å². The molecular weight excluding hydrogens is 366 g/mol. The average molecular weight is 390 g/mol. The SMILES string of the molecule is CCNC(=NCc1ccc(NC(=O)OC)cc1)NCCc1ccc(Cl)nc1. The second kappa shape index (κ2) is 11.0. The van der Waals surface area contributed by atoms with Crippen LogP contribution in [0.5, 0.6) is 0 Å². The fourth-order valence-corrected chi connectivity index (χ4v) is 2.37. The van der Waals surface area contributed by atoms with E-state index >= 15 is 0 Å². The van der Waals surface area contributed by atoms with Crippen molar-refractivity contribution in [3.05, 3.63) is 58.9 Å². The number of carbonyl (C=O) groups is 1. The molecule has 0 spiro atoms. The number of nitrogens with zero attached hydrogens (tertiary/aromatic N) is 2. The molecule has 2 rings (SSSR count). The molecule has 3 N–H and O–H groups in total. The van der Waals surface area contributed by atoms with E-state index in [0.29, 0.717) is 17.4 Å². The van der Waals surface area contributed by atoms with Gasteiger partial charge in [0.05, 0.1) is 13.7 Å². The summed E-state index contributed by atoms with van der Waals surface area (Å²) in [6.07, 6.45) is 2.11. The lowest BCUT2D eigenvalue weighted by molar-refractivity contribution is 0.187. The number of nitrogens with one attached hydrogen (secondary N) is 3. The Labute approximate surface area is 164 Å². The Kier molecular flexibility index (Phi) is 8.38. The van der Waals surface area contributed by atoms with E-state index in [1.807, 2.05) is 37.3 Å². The van der Waals surface area contributed by atoms with Gasteiger partial charge in [-0.15, -0.1) is 0 Å². The number of aromatic nitrogens is 1. The van der Waals surface area contributed by atoms with E-state index in [4.69, 9.17) is 11.6 Å². The number of carbonyl (C=O) groups excluding carboxylic acids is 1. The molecule has 0 fully saturated rings. The molecule has 1 aromatic carbocycles. The Balaban J connectivity index is 1.86. The number of ether oxygens (including phenoxy) is 1. The zero-order valence-corrected chi connectivity index (χ0v) is 16.2. The number of rotatable bonds is 7. The van der Waals surface area contributed by atoms with Gasteiger partial charge >= 0.3 is 6.09 Å². The number of amides is 1. The fraction of sp³-hybridized carbons (Fsp3) is 0.316. The predicted molar refractivity (Wildman–Crippen MR) is 108 cm³/mol. The second-order valence-corrected chi connectivity index (χ2v) is 6.06. The van der Waals surface area contributed by atoms with Crippen LogP contribution >= 0.6 is 11.6 Å². The topological polar surface area (TPSA) is 87.6 Å². The maximum absolute atomic E-state index is 11.2. The summed E-state index contributed by atoms with van der Waals surface area (Å²) >= 11 is 5.80. The van der Waals surface area contributed by atoms with E-state index in [2.05, 4.69) is 30.7 Å². The van der Waals surface area contributed by atoms with Crippen molar-refractivity contribution >= 4 is 29.3 Å². The van der Waals surface area contributed by atoms with Crippen molar-refractivity contribution in [3.8, 4) is 0 Å². The van der Waals surface area contributed by atoms with Crippen molar-refractivity contribution < 1.29 is 9.53 Å². The standard InChI is InChI=1S/C19H24ClN5O2/c1-3-21-18(22-11-10-15-6-9-17(20)23-12-15)24-13-14-4-7-16(8-5-14)25-19(26)27-2/h4-9,12H,3,10-11,13H2,1-2H3,(H,25,26)(H2,21,22,24). The van der Waals surface area contributed by atoms with Gasteiger partial charge in [-0.05, 0) is 42.7 Å². The zero-order chi connectivity index (χ0) is 19.5. The maximum atomic E-state index is 11.2. The van der Waals surface area contributed by atoms with Crippen LogP contribution < -0.4 is 16.0 Å². The predicted octanol–water partition coefficient (Wildman–Crippen LogP) is 3.21. The minimum absolute atomic E-state index is 0.490. The monoisotopic (exact) mass is 389 g/mol. The lowest BCUT2D eigenvalue weighted by Gasteiger charge is -2.11. The highest BCUT2D eigenvalue weighted by molar-refractivity contribution is 6.29. The van der Waals surface area contributed by atoms with Crippen molar-refractivity contribution in [3.63, 3.8) is 0 Å². The molecule has 0 unspecified atom stereocenters. The summed E-state index contributed by atoms with van der Waals surface area (Å²) in [6, 6.07) is 11.2. The number of aliphatic imine (C=N–C) groups is 1. The normalized spacial score (nSPS) is 11.0. The largest absolute Gasteiger partial charge is 0.453 e. The summed E-state index contributed by atoms with van der Waals surface area (Å²) in [4.78, 5) is 19.8. The number of halogens is 1. The van der Waals surface area contributed by atoms with Crippen LogP contribution in [0.1, 0.15) is 18.1 Å². The molecule has 0 aliphatic carbocycles. The van der Waals surface area contributed by atoms with Gasteiger partial charge in [0.25, 0.3) is 0 Å². The third kappa shape index (κ3) is 7.53. The number of methoxy groups -OCH3 is 1. The smallest absolute Gasteiger partial charge is 0.411 e. The van der Waals surface area contributed by atoms with E-state index in [-0.39, 0.29) is 0 Å². The van der Waals surface area contributed by atoms with Gasteiger partial charge < -0.3 is 15.4 Å². The van der Waals surface area contributed by atoms with Crippen LogP contribution in [0.15, 0.2) is 47.6 Å². The first-order valence-corrected chi connectivity index (χ1v) is 9.05. The molecule has 0 aliphatic rings. The van der Waals surface area contributed by atoms with Crippen LogP contribution in [-0.2, 0) is 17.7 Å². The molecule has 0 saturated carbocycles. The third-order valence-electron chi connectivity index (χ3n) is 3.64. The zero-order valence-electron chi connectivity index (χ0n) is 15.5. The number of hydrogen-bond acceptors (Lipinski definition) is 4. The third-order valence-corrected chi connectivity index (χ3v) is 3.87. The maximum Gasteiger partial charge on any atom is 0.411 e. The van der Waals surface area contributed by atoms with Crippen LogP contribution in [0.25, 0.3) is 0 Å². The first-order valence-electron chi connectivity index (χ1n) is 8.67. The van der Waals surface area contributed by atoms with Gasteiger partial charge in [0.15, 0.2) is 5.96 Å². The number of pyridine rings is 1. The lowest BCUT2D eigenvalue weighted by atomic mass is 10.2. The molecule has 8 heteroatoms. The molecule has 2 aromatic rings. The van der Waals surface area contributed by atoms with E-state index in [0.717, 1.165) is 36.6 Å². The summed E-state index contributed by atoms with van der Waals surface area (Å²) in [5, 5.41) is 9.64. The molecule has 0 radical (unpaired) electrons. The summed E-state index contributed by atoms with van der Waals surface area (Å²) in [5.41, 5.74) is 2.82. The number of hydrogen-bond donors (Lipinski definition) is 3. The Morgan fingerprint density at radius 1 is 1.15 bits per heavy atom. The molecule has 0 bridgehead atoms. The van der Waals surface area contributed by atoms with Crippen LogP contribution in [0, 0.1) is 0 Å². The number of anilines is 1. The molecular formula is C19H24ClN5O2. The van der Waals surface area contributed by atoms with E-state index in [9.17, 15) is 4.79 Å². The van der Waals surface area contributed by atoms with Gasteiger partial charge in [0.2, 0.25) is 0 Å². The van der Waals surface area contributed by atoms with Crippen LogP contribution in [0.2, 0.25) is 5.15 Å². The molecule has 0 saturated heterocycles. The molecule has 1 amide bonds. The number of benzene rings is 1. The Morgan fingerprint density at radius 2 is 1.89 bits per heavy atom. The minimum atomic E-state index is -0.490. The summed E-state index contributed by atoms with van der Waals surface area (Å²) in [6.45, 7) is 4.05. The molecule has 27 heavy (non-hydrogen) atoms. The molecule has 7 nitrogen and oxygen atoms in total. The van der Waals surface area contributed by atoms with Gasteiger partial charge in [0.1, 0.15) is 5.15 Å². The van der Waals surface area contributed by atoms with Crippen molar-refractivity contribution in [2.24, 2.45) is 4.99 Å². The lowest BCUT2D eigenvalue weighted by Crippen LogP contribution is -2.38. The summed E-state index contributed by atoms with van der Waals surface area (Å²) in [5.74, 6) is 0.746. The van der Waals surface area contributed by atoms with E-state index < -0.39 is 6.09 Å². The molecule has 0 atom stereocenters. The Morgan fingerprint density at radius 3 is 2.52 bits per heavy atom. The van der Waals surface area contributed by atoms with Gasteiger partial charge in [0, 0.05) is 25.0 Å². The quantitative estimate of drug-likeness (QED) is 0.384. The van der Waals surface area contributed by atoms with Gasteiger partial charge in [-0.2, -0.15) is 0 Å². The van der Waals surface area contributed by atoms with Gasteiger partial charge in [-0.25, -0.2) is 14.8 Å². The number of guanidine groups is 1. The second-order valence-electron chi connectivity index (χ2n) is 5.67. The minimum Gasteiger partial charge on any atom is -0.453 e. The summed E-state index contributed by atoms with van der Waals surface area (Å²) in [7, 11) is 1.33. The van der Waals surface area contributed by atoms with Crippen molar-refractivity contribution in [1.29, 1.82) is 0 Å². The first kappa shape index (κ1) is 20.5.